The fourth-order valence-corrected chi connectivity index (χ4v) is 2.13. The van der Waals surface area contributed by atoms with Crippen LogP contribution < -0.4 is 5.56 Å². The van der Waals surface area contributed by atoms with Crippen molar-refractivity contribution < 1.29 is 0 Å². The van der Waals surface area contributed by atoms with E-state index in [1.54, 1.807) is 28.8 Å². The van der Waals surface area contributed by atoms with E-state index in [4.69, 9.17) is 5.26 Å². The van der Waals surface area contributed by atoms with Crippen molar-refractivity contribution in [1.82, 2.24) is 19.3 Å². The van der Waals surface area contributed by atoms with Gasteiger partial charge in [0.15, 0.2) is 5.65 Å². The summed E-state index contributed by atoms with van der Waals surface area (Å²) < 4.78 is 3.21. The van der Waals surface area contributed by atoms with Crippen molar-refractivity contribution in [2.45, 2.75) is 39.7 Å². The Kier molecular flexibility index (Phi) is 3.89. The van der Waals surface area contributed by atoms with E-state index in [0.717, 1.165) is 19.3 Å². The van der Waals surface area contributed by atoms with Gasteiger partial charge in [-0.3, -0.25) is 14.0 Å². The normalized spacial score (nSPS) is 11.7. The first-order valence-electron chi connectivity index (χ1n) is 6.73. The van der Waals surface area contributed by atoms with Crippen LogP contribution in [0.4, 0.5) is 0 Å². The van der Waals surface area contributed by atoms with Crippen LogP contribution in [0.1, 0.15) is 33.1 Å². The number of aryl methyl sites for hydroxylation is 2. The molecule has 0 N–H and O–H groups in total. The van der Waals surface area contributed by atoms with Gasteiger partial charge in [0.25, 0.3) is 5.56 Å². The Labute approximate surface area is 117 Å². The van der Waals surface area contributed by atoms with Gasteiger partial charge in [0.2, 0.25) is 0 Å². The summed E-state index contributed by atoms with van der Waals surface area (Å²) in [4.78, 5) is 16.5. The lowest BCUT2D eigenvalue weighted by atomic mass is 9.89. The highest BCUT2D eigenvalue weighted by Crippen LogP contribution is 2.21. The van der Waals surface area contributed by atoms with Gasteiger partial charge >= 0.3 is 0 Å². The molecule has 0 saturated heterocycles. The molecule has 2 aromatic heterocycles. The molecule has 0 amide bonds. The van der Waals surface area contributed by atoms with Crippen molar-refractivity contribution in [3.05, 3.63) is 22.9 Å². The monoisotopic (exact) mass is 273 g/mol. The third kappa shape index (κ3) is 2.87. The van der Waals surface area contributed by atoms with Crippen molar-refractivity contribution in [2.24, 2.45) is 12.5 Å². The summed E-state index contributed by atoms with van der Waals surface area (Å²) >= 11 is 0. The number of aromatic nitrogens is 4. The van der Waals surface area contributed by atoms with Crippen molar-refractivity contribution in [1.29, 1.82) is 5.26 Å². The van der Waals surface area contributed by atoms with Crippen molar-refractivity contribution in [3.8, 4) is 6.07 Å². The summed E-state index contributed by atoms with van der Waals surface area (Å²) in [6.07, 6.45) is 5.74. The smallest absolute Gasteiger partial charge is 0.264 e. The standard InChI is InChI=1S/C14H19N5O/c1-14(2,9-15)6-4-5-7-19-10-16-12-11(13(19)20)8-17-18(12)3/h8,10H,4-7H2,1-3H3. The molecule has 0 aromatic carbocycles. The lowest BCUT2D eigenvalue weighted by Crippen LogP contribution is -2.20. The molecule has 0 atom stereocenters. The maximum Gasteiger partial charge on any atom is 0.264 e. The minimum atomic E-state index is -0.295. The molecule has 0 fully saturated rings. The lowest BCUT2D eigenvalue weighted by molar-refractivity contribution is 0.415. The second-order valence-electron chi connectivity index (χ2n) is 5.70. The molecule has 2 heterocycles. The largest absolute Gasteiger partial charge is 0.299 e. The highest BCUT2D eigenvalue weighted by molar-refractivity contribution is 5.72. The van der Waals surface area contributed by atoms with Crippen LogP contribution in [0, 0.1) is 16.7 Å². The molecule has 6 nitrogen and oxygen atoms in total. The minimum absolute atomic E-state index is 0.0531. The molecule has 0 saturated carbocycles. The molecule has 0 spiro atoms. The molecule has 0 radical (unpaired) electrons. The van der Waals surface area contributed by atoms with E-state index in [1.165, 1.54) is 0 Å². The summed E-state index contributed by atoms with van der Waals surface area (Å²) in [5.74, 6) is 0. The van der Waals surface area contributed by atoms with Gasteiger partial charge in [-0.1, -0.05) is 6.42 Å². The predicted molar refractivity (Wildman–Crippen MR) is 76.0 cm³/mol. The summed E-state index contributed by atoms with van der Waals surface area (Å²) in [7, 11) is 1.77. The van der Waals surface area contributed by atoms with Gasteiger partial charge in [-0.25, -0.2) is 4.98 Å². The van der Waals surface area contributed by atoms with Crippen LogP contribution in [0.25, 0.3) is 11.0 Å². The Morgan fingerprint density at radius 3 is 2.85 bits per heavy atom. The average molecular weight is 273 g/mol. The zero-order valence-corrected chi connectivity index (χ0v) is 12.1. The van der Waals surface area contributed by atoms with Crippen molar-refractivity contribution in [2.75, 3.05) is 0 Å². The van der Waals surface area contributed by atoms with Gasteiger partial charge in [0, 0.05) is 13.6 Å². The van der Waals surface area contributed by atoms with Crippen LogP contribution in [0.5, 0.6) is 0 Å². The Bertz CT molecular complexity index is 704. The van der Waals surface area contributed by atoms with Crippen LogP contribution >= 0.6 is 0 Å². The van der Waals surface area contributed by atoms with E-state index in [1.807, 2.05) is 13.8 Å². The molecule has 0 bridgehead atoms. The minimum Gasteiger partial charge on any atom is -0.299 e. The molecule has 0 aliphatic heterocycles. The zero-order valence-electron chi connectivity index (χ0n) is 12.1. The summed E-state index contributed by atoms with van der Waals surface area (Å²) in [5.41, 5.74) is 0.260. The maximum atomic E-state index is 12.2. The molecule has 6 heteroatoms. The van der Waals surface area contributed by atoms with Gasteiger partial charge in [0.05, 0.1) is 24.0 Å². The fourth-order valence-electron chi connectivity index (χ4n) is 2.13. The van der Waals surface area contributed by atoms with E-state index in [-0.39, 0.29) is 11.0 Å². The average Bonchev–Trinajstić information content (AvgIpc) is 2.79. The van der Waals surface area contributed by atoms with Gasteiger partial charge in [-0.05, 0) is 26.7 Å². The van der Waals surface area contributed by atoms with Crippen molar-refractivity contribution >= 4 is 11.0 Å². The second-order valence-corrected chi connectivity index (χ2v) is 5.70. The van der Waals surface area contributed by atoms with Gasteiger partial charge in [-0.15, -0.1) is 0 Å². The summed E-state index contributed by atoms with van der Waals surface area (Å²) in [6, 6.07) is 2.29. The molecule has 106 valence electrons. The number of rotatable bonds is 5. The highest BCUT2D eigenvalue weighted by atomic mass is 16.1. The molecule has 2 rings (SSSR count). The first-order valence-corrected chi connectivity index (χ1v) is 6.73. The number of nitrogens with zero attached hydrogens (tertiary/aromatic N) is 5. The Hall–Kier alpha value is -2.16. The molecule has 2 aromatic rings. The van der Waals surface area contributed by atoms with E-state index < -0.39 is 0 Å². The number of hydrogen-bond acceptors (Lipinski definition) is 4. The zero-order chi connectivity index (χ0) is 14.8. The Balaban J connectivity index is 2.03. The van der Waals surface area contributed by atoms with E-state index in [9.17, 15) is 4.79 Å². The number of nitriles is 1. The number of fused-ring (bicyclic) bond motifs is 1. The van der Waals surface area contributed by atoms with Crippen LogP contribution in [0.15, 0.2) is 17.3 Å². The van der Waals surface area contributed by atoms with Crippen LogP contribution in [0.2, 0.25) is 0 Å². The van der Waals surface area contributed by atoms with Gasteiger partial charge in [0.1, 0.15) is 5.39 Å². The number of hydrogen-bond donors (Lipinski definition) is 0. The molecule has 20 heavy (non-hydrogen) atoms. The third-order valence-corrected chi connectivity index (χ3v) is 3.47. The van der Waals surface area contributed by atoms with E-state index in [0.29, 0.717) is 17.6 Å². The first kappa shape index (κ1) is 14.3. The molecular weight excluding hydrogens is 254 g/mol. The van der Waals surface area contributed by atoms with Gasteiger partial charge in [-0.2, -0.15) is 10.4 Å². The summed E-state index contributed by atoms with van der Waals surface area (Å²) in [5, 5.41) is 13.5. The van der Waals surface area contributed by atoms with E-state index >= 15 is 0 Å². The number of unbranched alkanes of at least 4 members (excludes halogenated alkanes) is 1. The lowest BCUT2D eigenvalue weighted by Gasteiger charge is -2.14. The topological polar surface area (TPSA) is 76.5 Å². The van der Waals surface area contributed by atoms with Crippen LogP contribution in [-0.4, -0.2) is 19.3 Å². The quantitative estimate of drug-likeness (QED) is 0.779. The van der Waals surface area contributed by atoms with Crippen LogP contribution in [-0.2, 0) is 13.6 Å². The first-order chi connectivity index (χ1) is 9.44. The molecule has 0 unspecified atom stereocenters. The van der Waals surface area contributed by atoms with Gasteiger partial charge < -0.3 is 0 Å². The Morgan fingerprint density at radius 1 is 1.40 bits per heavy atom. The molecule has 0 aliphatic rings. The Morgan fingerprint density at radius 2 is 2.15 bits per heavy atom. The SMILES string of the molecule is Cn1ncc2c(=O)n(CCCCC(C)(C)C#N)cnc21. The van der Waals surface area contributed by atoms with Crippen LogP contribution in [0.3, 0.4) is 0 Å². The second kappa shape index (κ2) is 5.45. The van der Waals surface area contributed by atoms with E-state index in [2.05, 4.69) is 16.2 Å². The third-order valence-electron chi connectivity index (χ3n) is 3.47. The van der Waals surface area contributed by atoms with Crippen molar-refractivity contribution in [3.63, 3.8) is 0 Å². The predicted octanol–water partition coefficient (Wildman–Crippen LogP) is 1.85. The highest BCUT2D eigenvalue weighted by Gasteiger charge is 2.15. The fraction of sp³-hybridized carbons (Fsp3) is 0.571. The summed E-state index contributed by atoms with van der Waals surface area (Å²) in [6.45, 7) is 4.49. The maximum absolute atomic E-state index is 12.2. The molecular formula is C14H19N5O. The molecule has 0 aliphatic carbocycles.